The number of amides is 1. The van der Waals surface area contributed by atoms with Crippen LogP contribution in [-0.2, 0) is 19.6 Å². The molecule has 3 rings (SSSR count). The molecule has 1 saturated heterocycles. The van der Waals surface area contributed by atoms with Crippen molar-refractivity contribution in [3.63, 3.8) is 0 Å². The minimum Gasteiger partial charge on any atom is -0.379 e. The van der Waals surface area contributed by atoms with Gasteiger partial charge in [-0.25, -0.2) is 8.42 Å². The fourth-order valence-electron chi connectivity index (χ4n) is 3.01. The number of thioether (sulfide) groups is 1. The predicted octanol–water partition coefficient (Wildman–Crippen LogP) is 3.71. The molecule has 1 aliphatic heterocycles. The average molecular weight is 455 g/mol. The standard InChI is InChI=1S/C20H23ClN2O4S2/c1-14-3-6-18(15(2)11-14)28-13-20(24)22-16-4-5-17(21)19(12-16)29(25,26)23-7-9-27-10-8-23/h3-6,11-12H,7-10,13H2,1-2H3,(H,22,24). The van der Waals surface area contributed by atoms with Crippen molar-refractivity contribution >= 4 is 45.0 Å². The van der Waals surface area contributed by atoms with Gasteiger partial charge in [0.15, 0.2) is 0 Å². The van der Waals surface area contributed by atoms with Crippen molar-refractivity contribution < 1.29 is 17.9 Å². The van der Waals surface area contributed by atoms with Crippen molar-refractivity contribution in [1.29, 1.82) is 0 Å². The highest BCUT2D eigenvalue weighted by molar-refractivity contribution is 8.00. The summed E-state index contributed by atoms with van der Waals surface area (Å²) < 4.78 is 32.3. The summed E-state index contributed by atoms with van der Waals surface area (Å²) in [6.45, 7) is 5.29. The molecule has 6 nitrogen and oxygen atoms in total. The number of rotatable bonds is 6. The fourth-order valence-corrected chi connectivity index (χ4v) is 5.72. The number of carbonyl (C=O) groups is 1. The molecule has 0 radical (unpaired) electrons. The summed E-state index contributed by atoms with van der Waals surface area (Å²) in [7, 11) is -3.75. The Kier molecular flexibility index (Phi) is 7.23. The highest BCUT2D eigenvalue weighted by Gasteiger charge is 2.28. The molecular formula is C20H23ClN2O4S2. The molecule has 1 aliphatic rings. The maximum Gasteiger partial charge on any atom is 0.244 e. The minimum atomic E-state index is -3.75. The Bertz CT molecular complexity index is 1010. The topological polar surface area (TPSA) is 75.7 Å². The molecule has 0 aromatic heterocycles. The summed E-state index contributed by atoms with van der Waals surface area (Å²) in [6, 6.07) is 10.6. The van der Waals surface area contributed by atoms with E-state index in [4.69, 9.17) is 16.3 Å². The van der Waals surface area contributed by atoms with E-state index >= 15 is 0 Å². The number of benzene rings is 2. The van der Waals surface area contributed by atoms with Crippen molar-refractivity contribution in [1.82, 2.24) is 4.31 Å². The molecule has 1 N–H and O–H groups in total. The third-order valence-corrected chi connectivity index (χ3v) is 8.05. The van der Waals surface area contributed by atoms with Gasteiger partial charge < -0.3 is 10.1 Å². The van der Waals surface area contributed by atoms with Gasteiger partial charge in [-0.2, -0.15) is 4.31 Å². The average Bonchev–Trinajstić information content (AvgIpc) is 2.69. The number of halogens is 1. The number of hydrogen-bond acceptors (Lipinski definition) is 5. The van der Waals surface area contributed by atoms with Crippen molar-refractivity contribution in [3.8, 4) is 0 Å². The molecule has 1 heterocycles. The van der Waals surface area contributed by atoms with Crippen molar-refractivity contribution in [2.45, 2.75) is 23.6 Å². The lowest BCUT2D eigenvalue weighted by Crippen LogP contribution is -2.40. The zero-order chi connectivity index (χ0) is 21.0. The largest absolute Gasteiger partial charge is 0.379 e. The summed E-state index contributed by atoms with van der Waals surface area (Å²) in [5.74, 6) is 0.00459. The van der Waals surface area contributed by atoms with Crippen molar-refractivity contribution in [3.05, 3.63) is 52.5 Å². The van der Waals surface area contributed by atoms with E-state index in [1.807, 2.05) is 26.0 Å². The van der Waals surface area contributed by atoms with Gasteiger partial charge in [0.2, 0.25) is 15.9 Å². The molecule has 0 bridgehead atoms. The molecule has 1 amide bonds. The Morgan fingerprint density at radius 1 is 1.17 bits per heavy atom. The Labute approximate surface area is 180 Å². The highest BCUT2D eigenvalue weighted by Crippen LogP contribution is 2.29. The number of sulfonamides is 1. The first-order valence-corrected chi connectivity index (χ1v) is 11.9. The summed E-state index contributed by atoms with van der Waals surface area (Å²) in [4.78, 5) is 13.4. The minimum absolute atomic E-state index is 0.0131. The second-order valence-corrected chi connectivity index (χ2v) is 10.1. The van der Waals surface area contributed by atoms with E-state index in [1.165, 1.54) is 33.8 Å². The molecule has 0 aliphatic carbocycles. The zero-order valence-electron chi connectivity index (χ0n) is 16.3. The van der Waals surface area contributed by atoms with E-state index in [9.17, 15) is 13.2 Å². The van der Waals surface area contributed by atoms with E-state index in [0.717, 1.165) is 10.5 Å². The molecule has 0 saturated carbocycles. The molecule has 29 heavy (non-hydrogen) atoms. The number of carbonyl (C=O) groups excluding carboxylic acids is 1. The Hall–Kier alpha value is -1.58. The first kappa shape index (κ1) is 22.1. The maximum absolute atomic E-state index is 12.9. The van der Waals surface area contributed by atoms with Crippen LogP contribution in [-0.4, -0.2) is 50.7 Å². The van der Waals surface area contributed by atoms with Crippen LogP contribution in [0.15, 0.2) is 46.2 Å². The second-order valence-electron chi connectivity index (χ2n) is 6.77. The van der Waals surface area contributed by atoms with Crippen LogP contribution < -0.4 is 5.32 Å². The highest BCUT2D eigenvalue weighted by atomic mass is 35.5. The lowest BCUT2D eigenvalue weighted by molar-refractivity contribution is -0.113. The molecule has 156 valence electrons. The van der Waals surface area contributed by atoms with Gasteiger partial charge in [-0.05, 0) is 43.7 Å². The van der Waals surface area contributed by atoms with Crippen LogP contribution in [0.25, 0.3) is 0 Å². The van der Waals surface area contributed by atoms with E-state index < -0.39 is 10.0 Å². The number of nitrogens with zero attached hydrogens (tertiary/aromatic N) is 1. The van der Waals surface area contributed by atoms with Crippen LogP contribution in [0, 0.1) is 13.8 Å². The molecule has 2 aromatic rings. The second kappa shape index (κ2) is 9.49. The van der Waals surface area contributed by atoms with Gasteiger partial charge in [0.25, 0.3) is 0 Å². The quantitative estimate of drug-likeness (QED) is 0.673. The van der Waals surface area contributed by atoms with Gasteiger partial charge in [-0.3, -0.25) is 4.79 Å². The van der Waals surface area contributed by atoms with Crippen LogP contribution in [0.3, 0.4) is 0 Å². The predicted molar refractivity (Wildman–Crippen MR) is 116 cm³/mol. The van der Waals surface area contributed by atoms with E-state index in [1.54, 1.807) is 6.07 Å². The monoisotopic (exact) mass is 454 g/mol. The van der Waals surface area contributed by atoms with Gasteiger partial charge >= 0.3 is 0 Å². The summed E-state index contributed by atoms with van der Waals surface area (Å²) in [5, 5.41) is 2.88. The van der Waals surface area contributed by atoms with E-state index in [-0.39, 0.29) is 34.7 Å². The first-order valence-electron chi connectivity index (χ1n) is 9.15. The van der Waals surface area contributed by atoms with Gasteiger partial charge in [-0.15, -0.1) is 11.8 Å². The lowest BCUT2D eigenvalue weighted by Gasteiger charge is -2.26. The number of hydrogen-bond donors (Lipinski definition) is 1. The molecule has 9 heteroatoms. The Morgan fingerprint density at radius 2 is 1.90 bits per heavy atom. The zero-order valence-corrected chi connectivity index (χ0v) is 18.7. The summed E-state index contributed by atoms with van der Waals surface area (Å²) >= 11 is 7.59. The van der Waals surface area contributed by atoms with Crippen molar-refractivity contribution in [2.75, 3.05) is 37.4 Å². The Morgan fingerprint density at radius 3 is 2.59 bits per heavy atom. The van der Waals surface area contributed by atoms with Gasteiger partial charge in [0, 0.05) is 23.7 Å². The number of aryl methyl sites for hydroxylation is 2. The SMILES string of the molecule is Cc1ccc(SCC(=O)Nc2ccc(Cl)c(S(=O)(=O)N3CCOCC3)c2)c(C)c1. The number of morpholine rings is 1. The van der Waals surface area contributed by atoms with E-state index in [2.05, 4.69) is 11.4 Å². The van der Waals surface area contributed by atoms with Crippen LogP contribution in [0.5, 0.6) is 0 Å². The van der Waals surface area contributed by atoms with Crippen LogP contribution in [0.4, 0.5) is 5.69 Å². The van der Waals surface area contributed by atoms with Gasteiger partial charge in [0.1, 0.15) is 4.90 Å². The number of ether oxygens (including phenoxy) is 1. The smallest absolute Gasteiger partial charge is 0.244 e. The first-order chi connectivity index (χ1) is 13.8. The molecular weight excluding hydrogens is 432 g/mol. The Balaban J connectivity index is 1.69. The molecule has 0 atom stereocenters. The lowest BCUT2D eigenvalue weighted by atomic mass is 10.2. The third-order valence-electron chi connectivity index (χ3n) is 4.49. The van der Waals surface area contributed by atoms with Gasteiger partial charge in [0.05, 0.1) is 24.0 Å². The summed E-state index contributed by atoms with van der Waals surface area (Å²) in [6.07, 6.45) is 0. The van der Waals surface area contributed by atoms with Gasteiger partial charge in [-0.1, -0.05) is 29.3 Å². The number of nitrogens with one attached hydrogen (secondary N) is 1. The maximum atomic E-state index is 12.9. The molecule has 0 spiro atoms. The van der Waals surface area contributed by atoms with Crippen LogP contribution in [0.1, 0.15) is 11.1 Å². The summed E-state index contributed by atoms with van der Waals surface area (Å²) in [5.41, 5.74) is 2.69. The fraction of sp³-hybridized carbons (Fsp3) is 0.350. The van der Waals surface area contributed by atoms with E-state index in [0.29, 0.717) is 18.9 Å². The van der Waals surface area contributed by atoms with Crippen LogP contribution in [0.2, 0.25) is 5.02 Å². The molecule has 0 unspecified atom stereocenters. The van der Waals surface area contributed by atoms with Crippen molar-refractivity contribution in [2.24, 2.45) is 0 Å². The van der Waals surface area contributed by atoms with Crippen LogP contribution >= 0.6 is 23.4 Å². The third kappa shape index (κ3) is 5.52. The normalized spacial score (nSPS) is 15.3. The molecule has 2 aromatic carbocycles. The molecule has 1 fully saturated rings. The number of anilines is 1.